The molecule has 0 aliphatic rings. The minimum Gasteiger partial charge on any atom is -0.456 e. The van der Waals surface area contributed by atoms with E-state index in [-0.39, 0.29) is 0 Å². The number of para-hydroxylation sites is 1. The lowest BCUT2D eigenvalue weighted by atomic mass is 10.1. The Balaban J connectivity index is 2.05. The van der Waals surface area contributed by atoms with Crippen molar-refractivity contribution in [2.75, 3.05) is 0 Å². The van der Waals surface area contributed by atoms with E-state index in [9.17, 15) is 0 Å². The molecule has 0 heterocycles. The Kier molecular flexibility index (Phi) is 3.95. The van der Waals surface area contributed by atoms with Gasteiger partial charge in [-0.05, 0) is 38.8 Å². The summed E-state index contributed by atoms with van der Waals surface area (Å²) in [6.07, 6.45) is 0. The average molecular weight is 348 g/mol. The summed E-state index contributed by atoms with van der Waals surface area (Å²) in [5, 5.41) is 2.31. The van der Waals surface area contributed by atoms with E-state index in [0.29, 0.717) is 5.88 Å². The van der Waals surface area contributed by atoms with Crippen molar-refractivity contribution in [2.45, 2.75) is 5.88 Å². The molecule has 0 saturated heterocycles. The molecule has 0 radical (unpaired) electrons. The molecule has 3 aromatic rings. The van der Waals surface area contributed by atoms with Crippen LogP contribution in [-0.2, 0) is 5.88 Å². The maximum Gasteiger partial charge on any atom is 0.142 e. The molecule has 1 nitrogen and oxygen atoms in total. The highest BCUT2D eigenvalue weighted by molar-refractivity contribution is 9.10. The van der Waals surface area contributed by atoms with Crippen LogP contribution >= 0.6 is 27.5 Å². The molecule has 20 heavy (non-hydrogen) atoms. The minimum absolute atomic E-state index is 0.432. The summed E-state index contributed by atoms with van der Waals surface area (Å²) in [5.74, 6) is 2.02. The molecule has 3 rings (SSSR count). The van der Waals surface area contributed by atoms with Crippen LogP contribution in [0.5, 0.6) is 11.5 Å². The van der Waals surface area contributed by atoms with E-state index in [4.69, 9.17) is 16.3 Å². The summed E-state index contributed by atoms with van der Waals surface area (Å²) in [4.78, 5) is 0. The normalized spacial score (nSPS) is 10.7. The van der Waals surface area contributed by atoms with Crippen LogP contribution in [0.3, 0.4) is 0 Å². The summed E-state index contributed by atoms with van der Waals surface area (Å²) < 4.78 is 6.97. The largest absolute Gasteiger partial charge is 0.456 e. The molecule has 0 N–H and O–H groups in total. The first kappa shape index (κ1) is 13.5. The number of hydrogen-bond acceptors (Lipinski definition) is 1. The Labute approximate surface area is 131 Å². The number of halogens is 2. The summed E-state index contributed by atoms with van der Waals surface area (Å²) in [5.41, 5.74) is 0.981. The molecule has 0 bridgehead atoms. The van der Waals surface area contributed by atoms with Gasteiger partial charge in [-0.25, -0.2) is 0 Å². The summed E-state index contributed by atoms with van der Waals surface area (Å²) >= 11 is 9.57. The second-order valence-electron chi connectivity index (χ2n) is 4.44. The van der Waals surface area contributed by atoms with Crippen molar-refractivity contribution in [2.24, 2.45) is 0 Å². The SMILES string of the molecule is ClCc1ccccc1Oc1ccc2ccccc2c1Br. The molecule has 0 spiro atoms. The van der Waals surface area contributed by atoms with E-state index in [0.717, 1.165) is 26.9 Å². The number of rotatable bonds is 3. The monoisotopic (exact) mass is 346 g/mol. The van der Waals surface area contributed by atoms with Gasteiger partial charge < -0.3 is 4.74 Å². The minimum atomic E-state index is 0.432. The Hall–Kier alpha value is -1.51. The quantitative estimate of drug-likeness (QED) is 0.518. The maximum atomic E-state index is 6.01. The fourth-order valence-corrected chi connectivity index (χ4v) is 2.92. The van der Waals surface area contributed by atoms with Gasteiger partial charge in [-0.2, -0.15) is 0 Å². The van der Waals surface area contributed by atoms with Crippen LogP contribution in [0.25, 0.3) is 10.8 Å². The predicted molar refractivity (Wildman–Crippen MR) is 87.7 cm³/mol. The van der Waals surface area contributed by atoms with Gasteiger partial charge >= 0.3 is 0 Å². The predicted octanol–water partition coefficient (Wildman–Crippen LogP) is 6.13. The van der Waals surface area contributed by atoms with Gasteiger partial charge in [-0.3, -0.25) is 0 Å². The highest BCUT2D eigenvalue weighted by Gasteiger charge is 2.09. The third-order valence-electron chi connectivity index (χ3n) is 3.16. The molecule has 3 heteroatoms. The van der Waals surface area contributed by atoms with Crippen LogP contribution in [0.4, 0.5) is 0 Å². The molecule has 0 aliphatic heterocycles. The molecular formula is C17H12BrClO. The summed E-state index contributed by atoms with van der Waals surface area (Å²) in [6.45, 7) is 0. The molecule has 0 fully saturated rings. The summed E-state index contributed by atoms with van der Waals surface area (Å²) in [6, 6.07) is 20.0. The molecule has 3 aromatic carbocycles. The zero-order chi connectivity index (χ0) is 13.9. The van der Waals surface area contributed by atoms with E-state index in [1.54, 1.807) is 0 Å². The molecule has 100 valence electrons. The third-order valence-corrected chi connectivity index (χ3v) is 4.27. The van der Waals surface area contributed by atoms with Gasteiger partial charge in [0, 0.05) is 5.56 Å². The standard InChI is InChI=1S/C17H12BrClO/c18-17-14-7-3-1-5-12(14)9-10-16(17)20-15-8-4-2-6-13(15)11-19/h1-10H,11H2. The van der Waals surface area contributed by atoms with Crippen molar-refractivity contribution in [3.05, 3.63) is 70.7 Å². The van der Waals surface area contributed by atoms with Gasteiger partial charge in [0.15, 0.2) is 0 Å². The van der Waals surface area contributed by atoms with E-state index in [1.807, 2.05) is 42.5 Å². The number of hydrogen-bond donors (Lipinski definition) is 0. The Bertz CT molecular complexity index is 755. The third kappa shape index (κ3) is 2.54. The lowest BCUT2D eigenvalue weighted by molar-refractivity contribution is 0.476. The molecule has 0 aliphatic carbocycles. The van der Waals surface area contributed by atoms with Crippen molar-refractivity contribution in [3.63, 3.8) is 0 Å². The van der Waals surface area contributed by atoms with Crippen molar-refractivity contribution < 1.29 is 4.74 Å². The second kappa shape index (κ2) is 5.86. The molecule has 0 atom stereocenters. The average Bonchev–Trinajstić information content (AvgIpc) is 2.51. The molecule has 0 amide bonds. The van der Waals surface area contributed by atoms with Crippen molar-refractivity contribution in [1.82, 2.24) is 0 Å². The summed E-state index contributed by atoms with van der Waals surface area (Å²) in [7, 11) is 0. The lowest BCUT2D eigenvalue weighted by Gasteiger charge is -2.12. The lowest BCUT2D eigenvalue weighted by Crippen LogP contribution is -1.90. The van der Waals surface area contributed by atoms with Gasteiger partial charge in [0.1, 0.15) is 11.5 Å². The fourth-order valence-electron chi connectivity index (χ4n) is 2.12. The molecule has 0 saturated carbocycles. The zero-order valence-corrected chi connectivity index (χ0v) is 13.0. The molecule has 0 unspecified atom stereocenters. The molecular weight excluding hydrogens is 336 g/mol. The van der Waals surface area contributed by atoms with Crippen LogP contribution in [0.2, 0.25) is 0 Å². The van der Waals surface area contributed by atoms with E-state index in [2.05, 4.69) is 34.1 Å². The second-order valence-corrected chi connectivity index (χ2v) is 5.50. The van der Waals surface area contributed by atoms with Crippen molar-refractivity contribution >= 4 is 38.3 Å². The highest BCUT2D eigenvalue weighted by atomic mass is 79.9. The first-order valence-corrected chi connectivity index (χ1v) is 7.61. The van der Waals surface area contributed by atoms with E-state index < -0.39 is 0 Å². The van der Waals surface area contributed by atoms with E-state index >= 15 is 0 Å². The van der Waals surface area contributed by atoms with Crippen LogP contribution in [-0.4, -0.2) is 0 Å². The first-order valence-electron chi connectivity index (χ1n) is 6.28. The number of alkyl halides is 1. The maximum absolute atomic E-state index is 6.01. The fraction of sp³-hybridized carbons (Fsp3) is 0.0588. The van der Waals surface area contributed by atoms with Crippen LogP contribution < -0.4 is 4.74 Å². The van der Waals surface area contributed by atoms with Crippen LogP contribution in [0.15, 0.2) is 65.1 Å². The Morgan fingerprint density at radius 2 is 1.60 bits per heavy atom. The Morgan fingerprint density at radius 1 is 0.850 bits per heavy atom. The van der Waals surface area contributed by atoms with Crippen molar-refractivity contribution in [3.8, 4) is 11.5 Å². The van der Waals surface area contributed by atoms with E-state index in [1.165, 1.54) is 5.39 Å². The first-order chi connectivity index (χ1) is 9.79. The highest BCUT2D eigenvalue weighted by Crippen LogP contribution is 2.36. The van der Waals surface area contributed by atoms with Gasteiger partial charge in [0.2, 0.25) is 0 Å². The van der Waals surface area contributed by atoms with Gasteiger partial charge in [-0.15, -0.1) is 11.6 Å². The van der Waals surface area contributed by atoms with Gasteiger partial charge in [-0.1, -0.05) is 48.5 Å². The van der Waals surface area contributed by atoms with Crippen LogP contribution in [0, 0.1) is 0 Å². The van der Waals surface area contributed by atoms with Crippen molar-refractivity contribution in [1.29, 1.82) is 0 Å². The zero-order valence-electron chi connectivity index (χ0n) is 10.6. The number of ether oxygens (including phenoxy) is 1. The smallest absolute Gasteiger partial charge is 0.142 e. The Morgan fingerprint density at radius 3 is 2.45 bits per heavy atom. The number of benzene rings is 3. The van der Waals surface area contributed by atoms with Gasteiger partial charge in [0.05, 0.1) is 10.4 Å². The molecule has 0 aromatic heterocycles. The number of fused-ring (bicyclic) bond motifs is 1. The van der Waals surface area contributed by atoms with Crippen LogP contribution in [0.1, 0.15) is 5.56 Å². The van der Waals surface area contributed by atoms with Gasteiger partial charge in [0.25, 0.3) is 0 Å². The topological polar surface area (TPSA) is 9.23 Å².